The van der Waals surface area contributed by atoms with Gasteiger partial charge in [-0.2, -0.15) is 9.57 Å². The Balaban J connectivity index is 2.98. The number of nitriles is 1. The van der Waals surface area contributed by atoms with E-state index in [9.17, 15) is 8.42 Å². The quantitative estimate of drug-likeness (QED) is 0.844. The van der Waals surface area contributed by atoms with Crippen LogP contribution in [0.15, 0.2) is 14.1 Å². The molecule has 0 bridgehead atoms. The largest absolute Gasteiger partial charge is 0.252 e. The minimum absolute atomic E-state index is 0.163. The number of nitrogens with zero attached hydrogens (tertiary/aromatic N) is 2. The lowest BCUT2D eigenvalue weighted by Gasteiger charge is -2.13. The SMILES string of the molecule is CN(CCC#N)S(=O)(=O)c1cc(Cl)c(Br)s1. The van der Waals surface area contributed by atoms with Crippen molar-refractivity contribution in [1.29, 1.82) is 5.26 Å². The summed E-state index contributed by atoms with van der Waals surface area (Å²) in [7, 11) is -2.09. The number of hydrogen-bond acceptors (Lipinski definition) is 4. The van der Waals surface area contributed by atoms with E-state index in [2.05, 4.69) is 15.9 Å². The van der Waals surface area contributed by atoms with Crippen molar-refractivity contribution in [1.82, 2.24) is 4.31 Å². The average molecular weight is 344 g/mol. The number of rotatable bonds is 4. The monoisotopic (exact) mass is 342 g/mol. The maximum Gasteiger partial charge on any atom is 0.252 e. The second-order valence-electron chi connectivity index (χ2n) is 2.92. The third kappa shape index (κ3) is 2.96. The molecule has 0 saturated heterocycles. The van der Waals surface area contributed by atoms with E-state index in [0.29, 0.717) is 8.81 Å². The van der Waals surface area contributed by atoms with Gasteiger partial charge in [-0.1, -0.05) is 11.6 Å². The molecule has 4 nitrogen and oxygen atoms in total. The minimum atomic E-state index is -3.53. The highest BCUT2D eigenvalue weighted by molar-refractivity contribution is 9.11. The normalized spacial score (nSPS) is 11.7. The lowest BCUT2D eigenvalue weighted by atomic mass is 10.5. The molecule has 8 heteroatoms. The van der Waals surface area contributed by atoms with Crippen molar-refractivity contribution in [2.45, 2.75) is 10.6 Å². The fourth-order valence-corrected chi connectivity index (χ4v) is 4.72. The summed E-state index contributed by atoms with van der Waals surface area (Å²) in [6, 6.07) is 3.30. The van der Waals surface area contributed by atoms with Gasteiger partial charge in [0.1, 0.15) is 4.21 Å². The number of thiophene rings is 1. The van der Waals surface area contributed by atoms with Crippen molar-refractivity contribution in [3.63, 3.8) is 0 Å². The smallest absolute Gasteiger partial charge is 0.206 e. The summed E-state index contributed by atoms with van der Waals surface area (Å²) < 4.78 is 25.8. The number of sulfonamides is 1. The third-order valence-corrected chi connectivity index (χ3v) is 6.61. The Morgan fingerprint density at radius 3 is 2.75 bits per heavy atom. The predicted molar refractivity (Wildman–Crippen MR) is 67.1 cm³/mol. The Bertz CT molecular complexity index is 501. The summed E-state index contributed by atoms with van der Waals surface area (Å²) in [6.45, 7) is 0.173. The molecule has 1 rings (SSSR count). The summed E-state index contributed by atoms with van der Waals surface area (Å²) >= 11 is 9.99. The van der Waals surface area contributed by atoms with Crippen molar-refractivity contribution in [3.05, 3.63) is 14.9 Å². The van der Waals surface area contributed by atoms with E-state index in [1.165, 1.54) is 13.1 Å². The lowest BCUT2D eigenvalue weighted by molar-refractivity contribution is 0.478. The van der Waals surface area contributed by atoms with Crippen LogP contribution in [-0.2, 0) is 10.0 Å². The lowest BCUT2D eigenvalue weighted by Crippen LogP contribution is -2.27. The maximum absolute atomic E-state index is 12.0. The van der Waals surface area contributed by atoms with Gasteiger partial charge in [-0.3, -0.25) is 0 Å². The van der Waals surface area contributed by atoms with Gasteiger partial charge >= 0.3 is 0 Å². The molecular weight excluding hydrogens is 336 g/mol. The van der Waals surface area contributed by atoms with Gasteiger partial charge in [-0.15, -0.1) is 11.3 Å². The Morgan fingerprint density at radius 2 is 2.31 bits per heavy atom. The first-order chi connectivity index (χ1) is 7.39. The number of hydrogen-bond donors (Lipinski definition) is 0. The van der Waals surface area contributed by atoms with Gasteiger partial charge in [0.2, 0.25) is 0 Å². The highest BCUT2D eigenvalue weighted by Crippen LogP contribution is 2.35. The van der Waals surface area contributed by atoms with Gasteiger partial charge in [0.05, 0.1) is 14.9 Å². The van der Waals surface area contributed by atoms with E-state index in [1.807, 2.05) is 6.07 Å². The van der Waals surface area contributed by atoms with Crippen LogP contribution in [0.1, 0.15) is 6.42 Å². The third-order valence-electron chi connectivity index (χ3n) is 1.83. The minimum Gasteiger partial charge on any atom is -0.206 e. The standard InChI is InChI=1S/C8H8BrClN2O2S2/c1-12(4-2-3-11)16(13,14)7-5-6(10)8(9)15-7/h5H,2,4H2,1H3. The molecule has 0 aromatic carbocycles. The van der Waals surface area contributed by atoms with Crippen molar-refractivity contribution < 1.29 is 8.42 Å². The van der Waals surface area contributed by atoms with E-state index in [4.69, 9.17) is 16.9 Å². The van der Waals surface area contributed by atoms with Gasteiger partial charge in [-0.05, 0) is 22.0 Å². The molecule has 88 valence electrons. The van der Waals surface area contributed by atoms with Crippen LogP contribution in [0.5, 0.6) is 0 Å². The van der Waals surface area contributed by atoms with Crippen LogP contribution in [0.4, 0.5) is 0 Å². The molecule has 0 N–H and O–H groups in total. The molecule has 0 aliphatic carbocycles. The van der Waals surface area contributed by atoms with Gasteiger partial charge in [0, 0.05) is 20.0 Å². The highest BCUT2D eigenvalue weighted by atomic mass is 79.9. The van der Waals surface area contributed by atoms with Crippen molar-refractivity contribution in [3.8, 4) is 6.07 Å². The second kappa shape index (κ2) is 5.47. The molecule has 0 atom stereocenters. The summed E-state index contributed by atoms with van der Waals surface area (Å²) in [4.78, 5) is 0. The zero-order valence-electron chi connectivity index (χ0n) is 8.27. The van der Waals surface area contributed by atoms with Crippen LogP contribution in [-0.4, -0.2) is 26.3 Å². The van der Waals surface area contributed by atoms with E-state index in [-0.39, 0.29) is 17.2 Å². The fourth-order valence-electron chi connectivity index (χ4n) is 0.935. The first-order valence-corrected chi connectivity index (χ1v) is 7.60. The van der Waals surface area contributed by atoms with Crippen LogP contribution in [0.2, 0.25) is 5.02 Å². The summed E-state index contributed by atoms with van der Waals surface area (Å²) in [5.74, 6) is 0. The Hall–Kier alpha value is -0.130. The zero-order chi connectivity index (χ0) is 12.3. The van der Waals surface area contributed by atoms with Crippen LogP contribution in [0.3, 0.4) is 0 Å². The average Bonchev–Trinajstić information content (AvgIpc) is 2.56. The van der Waals surface area contributed by atoms with Gasteiger partial charge in [0.25, 0.3) is 10.0 Å². The molecular formula is C8H8BrClN2O2S2. The van der Waals surface area contributed by atoms with E-state index >= 15 is 0 Å². The van der Waals surface area contributed by atoms with E-state index < -0.39 is 10.0 Å². The molecule has 0 aliphatic rings. The van der Waals surface area contributed by atoms with Crippen molar-refractivity contribution >= 4 is 48.9 Å². The number of halogens is 2. The van der Waals surface area contributed by atoms with Crippen LogP contribution >= 0.6 is 38.9 Å². The van der Waals surface area contributed by atoms with E-state index in [1.54, 1.807) is 0 Å². The Morgan fingerprint density at radius 1 is 1.69 bits per heavy atom. The molecule has 0 radical (unpaired) electrons. The van der Waals surface area contributed by atoms with Crippen LogP contribution < -0.4 is 0 Å². The molecule has 0 aliphatic heterocycles. The molecule has 0 unspecified atom stereocenters. The second-order valence-corrected chi connectivity index (χ2v) is 7.97. The molecule has 1 aromatic rings. The first-order valence-electron chi connectivity index (χ1n) is 4.17. The Labute approximate surface area is 112 Å². The topological polar surface area (TPSA) is 61.2 Å². The summed E-state index contributed by atoms with van der Waals surface area (Å²) in [5, 5.41) is 8.77. The zero-order valence-corrected chi connectivity index (χ0v) is 12.2. The van der Waals surface area contributed by atoms with Gasteiger partial charge in [-0.25, -0.2) is 8.42 Å². The molecule has 0 saturated carbocycles. The van der Waals surface area contributed by atoms with Crippen molar-refractivity contribution in [2.75, 3.05) is 13.6 Å². The molecule has 0 fully saturated rings. The predicted octanol–water partition coefficient (Wildman–Crippen LogP) is 2.70. The van der Waals surface area contributed by atoms with Crippen molar-refractivity contribution in [2.24, 2.45) is 0 Å². The molecule has 0 spiro atoms. The van der Waals surface area contributed by atoms with Crippen LogP contribution in [0.25, 0.3) is 0 Å². The highest BCUT2D eigenvalue weighted by Gasteiger charge is 2.23. The van der Waals surface area contributed by atoms with E-state index in [0.717, 1.165) is 15.6 Å². The molecule has 1 heterocycles. The molecule has 0 amide bonds. The summed E-state index contributed by atoms with van der Waals surface area (Å²) in [6.07, 6.45) is 0.163. The first kappa shape index (κ1) is 13.9. The Kier molecular flexibility index (Phi) is 4.76. The van der Waals surface area contributed by atoms with Crippen LogP contribution in [0, 0.1) is 11.3 Å². The van der Waals surface area contributed by atoms with Gasteiger partial charge in [0.15, 0.2) is 0 Å². The fraction of sp³-hybridized carbons (Fsp3) is 0.375. The molecule has 16 heavy (non-hydrogen) atoms. The molecule has 1 aromatic heterocycles. The summed E-state index contributed by atoms with van der Waals surface area (Å²) in [5.41, 5.74) is 0. The maximum atomic E-state index is 12.0. The van der Waals surface area contributed by atoms with Gasteiger partial charge < -0.3 is 0 Å².